The van der Waals surface area contributed by atoms with E-state index in [9.17, 15) is 4.79 Å². The molecule has 0 atom stereocenters. The van der Waals surface area contributed by atoms with Crippen LogP contribution < -0.4 is 10.6 Å². The monoisotopic (exact) mass is 332 g/mol. The van der Waals surface area contributed by atoms with E-state index in [4.69, 9.17) is 0 Å². The van der Waals surface area contributed by atoms with Crippen LogP contribution in [0.3, 0.4) is 0 Å². The lowest BCUT2D eigenvalue weighted by molar-refractivity contribution is 0.240. The van der Waals surface area contributed by atoms with Gasteiger partial charge in [0.05, 0.1) is 0 Å². The standard InChI is InChI=1S/C16H17BrN2O/c1-12-5-2-3-7-14(12)11-19-16(20)18-10-13-6-4-8-15(17)9-13/h2-9H,10-11H2,1H3,(H2,18,19,20). The lowest BCUT2D eigenvalue weighted by Gasteiger charge is -2.09. The predicted molar refractivity (Wildman–Crippen MR) is 84.4 cm³/mol. The Morgan fingerprint density at radius 1 is 1.05 bits per heavy atom. The number of aryl methyl sites for hydroxylation is 1. The first-order valence-electron chi connectivity index (χ1n) is 6.46. The Morgan fingerprint density at radius 3 is 2.55 bits per heavy atom. The normalized spacial score (nSPS) is 10.1. The summed E-state index contributed by atoms with van der Waals surface area (Å²) in [6, 6.07) is 15.7. The Kier molecular flexibility index (Phi) is 5.18. The van der Waals surface area contributed by atoms with Gasteiger partial charge in [0.25, 0.3) is 0 Å². The van der Waals surface area contributed by atoms with Gasteiger partial charge < -0.3 is 10.6 Å². The third kappa shape index (κ3) is 4.38. The number of carbonyl (C=O) groups is 1. The molecule has 2 N–H and O–H groups in total. The fraction of sp³-hybridized carbons (Fsp3) is 0.188. The van der Waals surface area contributed by atoms with Gasteiger partial charge in [-0.05, 0) is 35.7 Å². The molecule has 20 heavy (non-hydrogen) atoms. The van der Waals surface area contributed by atoms with Crippen LogP contribution in [0.25, 0.3) is 0 Å². The largest absolute Gasteiger partial charge is 0.334 e. The molecule has 0 radical (unpaired) electrons. The van der Waals surface area contributed by atoms with Crippen molar-refractivity contribution >= 4 is 22.0 Å². The Hall–Kier alpha value is -1.81. The number of hydrogen-bond donors (Lipinski definition) is 2. The molecular formula is C16H17BrN2O. The molecule has 4 heteroatoms. The van der Waals surface area contributed by atoms with Crippen molar-refractivity contribution in [3.05, 3.63) is 69.7 Å². The van der Waals surface area contributed by atoms with Gasteiger partial charge in [-0.25, -0.2) is 4.79 Å². The molecule has 0 bridgehead atoms. The van der Waals surface area contributed by atoms with Crippen molar-refractivity contribution in [2.24, 2.45) is 0 Å². The van der Waals surface area contributed by atoms with E-state index < -0.39 is 0 Å². The minimum atomic E-state index is -0.159. The van der Waals surface area contributed by atoms with Crippen LogP contribution in [-0.2, 0) is 13.1 Å². The van der Waals surface area contributed by atoms with E-state index in [1.807, 2.05) is 55.5 Å². The zero-order valence-corrected chi connectivity index (χ0v) is 12.9. The molecule has 0 fully saturated rings. The topological polar surface area (TPSA) is 41.1 Å². The highest BCUT2D eigenvalue weighted by Crippen LogP contribution is 2.11. The van der Waals surface area contributed by atoms with Crippen molar-refractivity contribution in [3.8, 4) is 0 Å². The highest BCUT2D eigenvalue weighted by Gasteiger charge is 2.02. The second-order valence-corrected chi connectivity index (χ2v) is 5.51. The minimum absolute atomic E-state index is 0.159. The van der Waals surface area contributed by atoms with Crippen molar-refractivity contribution in [1.82, 2.24) is 10.6 Å². The molecule has 0 unspecified atom stereocenters. The number of hydrogen-bond acceptors (Lipinski definition) is 1. The van der Waals surface area contributed by atoms with Gasteiger partial charge >= 0.3 is 6.03 Å². The molecule has 0 aliphatic heterocycles. The summed E-state index contributed by atoms with van der Waals surface area (Å²) in [5, 5.41) is 5.71. The van der Waals surface area contributed by atoms with Crippen LogP contribution in [0.1, 0.15) is 16.7 Å². The van der Waals surface area contributed by atoms with E-state index >= 15 is 0 Å². The number of nitrogens with one attached hydrogen (secondary N) is 2. The van der Waals surface area contributed by atoms with Gasteiger partial charge in [-0.3, -0.25) is 0 Å². The summed E-state index contributed by atoms with van der Waals surface area (Å²) in [5.41, 5.74) is 3.37. The Morgan fingerprint density at radius 2 is 1.80 bits per heavy atom. The van der Waals surface area contributed by atoms with Crippen LogP contribution in [0.4, 0.5) is 4.79 Å². The number of benzene rings is 2. The molecule has 0 spiro atoms. The quantitative estimate of drug-likeness (QED) is 0.879. The molecule has 0 saturated heterocycles. The molecule has 2 rings (SSSR count). The summed E-state index contributed by atoms with van der Waals surface area (Å²) in [6.45, 7) is 3.09. The highest BCUT2D eigenvalue weighted by atomic mass is 79.9. The zero-order valence-electron chi connectivity index (χ0n) is 11.3. The van der Waals surface area contributed by atoms with Crippen LogP contribution in [-0.4, -0.2) is 6.03 Å². The maximum absolute atomic E-state index is 11.8. The molecule has 3 nitrogen and oxygen atoms in total. The van der Waals surface area contributed by atoms with Gasteiger partial charge in [0.1, 0.15) is 0 Å². The number of rotatable bonds is 4. The highest BCUT2D eigenvalue weighted by molar-refractivity contribution is 9.10. The molecule has 0 heterocycles. The maximum atomic E-state index is 11.8. The third-order valence-electron chi connectivity index (χ3n) is 3.04. The number of halogens is 1. The van der Waals surface area contributed by atoms with Crippen LogP contribution in [0.2, 0.25) is 0 Å². The minimum Gasteiger partial charge on any atom is -0.334 e. The summed E-state index contributed by atoms with van der Waals surface area (Å²) < 4.78 is 1.01. The summed E-state index contributed by atoms with van der Waals surface area (Å²) in [6.07, 6.45) is 0. The molecule has 104 valence electrons. The second kappa shape index (κ2) is 7.10. The fourth-order valence-electron chi connectivity index (χ4n) is 1.88. The van der Waals surface area contributed by atoms with E-state index in [0.29, 0.717) is 13.1 Å². The van der Waals surface area contributed by atoms with Crippen LogP contribution >= 0.6 is 15.9 Å². The van der Waals surface area contributed by atoms with E-state index in [1.165, 1.54) is 5.56 Å². The Bertz CT molecular complexity index is 599. The number of urea groups is 1. The SMILES string of the molecule is Cc1ccccc1CNC(=O)NCc1cccc(Br)c1. The first kappa shape index (κ1) is 14.6. The summed E-state index contributed by atoms with van der Waals surface area (Å²) in [7, 11) is 0. The molecule has 0 saturated carbocycles. The molecule has 2 amide bonds. The van der Waals surface area contributed by atoms with Gasteiger partial charge in [-0.2, -0.15) is 0 Å². The van der Waals surface area contributed by atoms with E-state index in [1.54, 1.807) is 0 Å². The maximum Gasteiger partial charge on any atom is 0.315 e. The first-order valence-corrected chi connectivity index (χ1v) is 7.25. The molecular weight excluding hydrogens is 316 g/mol. The predicted octanol–water partition coefficient (Wildman–Crippen LogP) is 3.76. The lowest BCUT2D eigenvalue weighted by atomic mass is 10.1. The van der Waals surface area contributed by atoms with E-state index in [-0.39, 0.29) is 6.03 Å². The lowest BCUT2D eigenvalue weighted by Crippen LogP contribution is -2.34. The molecule has 2 aromatic rings. The summed E-state index contributed by atoms with van der Waals surface area (Å²) >= 11 is 3.41. The third-order valence-corrected chi connectivity index (χ3v) is 3.54. The summed E-state index contributed by atoms with van der Waals surface area (Å²) in [5.74, 6) is 0. The molecule has 0 aliphatic carbocycles. The van der Waals surface area contributed by atoms with Gasteiger partial charge in [-0.15, -0.1) is 0 Å². The molecule has 2 aromatic carbocycles. The molecule has 0 aromatic heterocycles. The van der Waals surface area contributed by atoms with Gasteiger partial charge in [0, 0.05) is 17.6 Å². The van der Waals surface area contributed by atoms with Crippen LogP contribution in [0, 0.1) is 6.92 Å². The van der Waals surface area contributed by atoms with Crippen molar-refractivity contribution in [1.29, 1.82) is 0 Å². The zero-order chi connectivity index (χ0) is 14.4. The van der Waals surface area contributed by atoms with Gasteiger partial charge in [0.2, 0.25) is 0 Å². The first-order chi connectivity index (χ1) is 9.65. The van der Waals surface area contributed by atoms with Crippen LogP contribution in [0.5, 0.6) is 0 Å². The van der Waals surface area contributed by atoms with Crippen molar-refractivity contribution in [2.75, 3.05) is 0 Å². The van der Waals surface area contributed by atoms with Gasteiger partial charge in [0.15, 0.2) is 0 Å². The van der Waals surface area contributed by atoms with Crippen molar-refractivity contribution < 1.29 is 4.79 Å². The fourth-order valence-corrected chi connectivity index (χ4v) is 2.32. The average Bonchev–Trinajstić information content (AvgIpc) is 2.44. The Labute approximate surface area is 127 Å². The smallest absolute Gasteiger partial charge is 0.315 e. The van der Waals surface area contributed by atoms with Crippen molar-refractivity contribution in [3.63, 3.8) is 0 Å². The van der Waals surface area contributed by atoms with Gasteiger partial charge in [-0.1, -0.05) is 52.3 Å². The second-order valence-electron chi connectivity index (χ2n) is 4.59. The summed E-state index contributed by atoms with van der Waals surface area (Å²) in [4.78, 5) is 11.8. The van der Waals surface area contributed by atoms with E-state index in [0.717, 1.165) is 15.6 Å². The molecule has 0 aliphatic rings. The number of amides is 2. The number of carbonyl (C=O) groups excluding carboxylic acids is 1. The van der Waals surface area contributed by atoms with E-state index in [2.05, 4.69) is 26.6 Å². The van der Waals surface area contributed by atoms with Crippen LogP contribution in [0.15, 0.2) is 53.0 Å². The Balaban J connectivity index is 1.80. The van der Waals surface area contributed by atoms with Crippen molar-refractivity contribution in [2.45, 2.75) is 20.0 Å². The average molecular weight is 333 g/mol.